The predicted molar refractivity (Wildman–Crippen MR) is 107 cm³/mol. The van der Waals surface area contributed by atoms with Gasteiger partial charge in [0.15, 0.2) is 6.10 Å². The number of ketones is 1. The van der Waals surface area contributed by atoms with Gasteiger partial charge in [-0.3, -0.25) is 4.79 Å². The summed E-state index contributed by atoms with van der Waals surface area (Å²) in [4.78, 5) is 27.1. The molecule has 0 aliphatic carbocycles. The Kier molecular flexibility index (Phi) is 6.28. The maximum atomic E-state index is 13.0. The Hall–Kier alpha value is -3.82. The third-order valence-corrected chi connectivity index (χ3v) is 4.61. The zero-order valence-corrected chi connectivity index (χ0v) is 16.9. The maximum absolute atomic E-state index is 13.0. The van der Waals surface area contributed by atoms with Gasteiger partial charge in [-0.25, -0.2) is 0 Å². The van der Waals surface area contributed by atoms with E-state index in [-0.39, 0.29) is 17.3 Å². The van der Waals surface area contributed by atoms with Crippen LogP contribution < -0.4 is 9.47 Å². The van der Waals surface area contributed by atoms with Crippen LogP contribution in [0, 0.1) is 24.0 Å². The highest BCUT2D eigenvalue weighted by atomic mass is 19.3. The van der Waals surface area contributed by atoms with Crippen molar-refractivity contribution < 1.29 is 28.0 Å². The monoisotopic (exact) mass is 431 g/mol. The van der Waals surface area contributed by atoms with Crippen LogP contribution in [0.5, 0.6) is 11.5 Å². The zero-order valence-electron chi connectivity index (χ0n) is 16.9. The number of alkyl halides is 2. The van der Waals surface area contributed by atoms with Gasteiger partial charge in [0.1, 0.15) is 11.9 Å². The molecule has 0 aliphatic rings. The number of hydrogen-bond acceptors (Lipinski definition) is 6. The molecule has 0 saturated carbocycles. The highest BCUT2D eigenvalue weighted by Gasteiger charge is 2.26. The molecule has 0 unspecified atom stereocenters. The smallest absolute Gasteiger partial charge is 0.406 e. The number of Topliss-reactive ketones (excluding diaryl/α,β-unsaturated/α-hetero) is 1. The molecule has 3 rings (SSSR count). The van der Waals surface area contributed by atoms with E-state index in [0.717, 1.165) is 5.69 Å². The van der Waals surface area contributed by atoms with Crippen LogP contribution in [0.4, 0.5) is 14.6 Å². The average molecular weight is 431 g/mol. The van der Waals surface area contributed by atoms with Crippen molar-refractivity contribution in [1.29, 1.82) is 0 Å². The number of carbonyl (C=O) groups is 1. The van der Waals surface area contributed by atoms with Crippen LogP contribution in [0.1, 0.15) is 28.7 Å². The van der Waals surface area contributed by atoms with Gasteiger partial charge in [-0.15, -0.1) is 0 Å². The number of rotatable bonds is 8. The van der Waals surface area contributed by atoms with Crippen LogP contribution in [0.3, 0.4) is 0 Å². The van der Waals surface area contributed by atoms with Crippen molar-refractivity contribution in [2.45, 2.75) is 33.5 Å². The van der Waals surface area contributed by atoms with Crippen molar-refractivity contribution in [3.8, 4) is 17.2 Å². The summed E-state index contributed by atoms with van der Waals surface area (Å²) < 4.78 is 36.4. The van der Waals surface area contributed by atoms with E-state index in [9.17, 15) is 23.7 Å². The van der Waals surface area contributed by atoms with Crippen LogP contribution in [0.25, 0.3) is 5.69 Å². The minimum absolute atomic E-state index is 0.0256. The molecule has 0 amide bonds. The van der Waals surface area contributed by atoms with Crippen LogP contribution >= 0.6 is 0 Å². The summed E-state index contributed by atoms with van der Waals surface area (Å²) in [6.07, 6.45) is 0.265. The van der Waals surface area contributed by atoms with Crippen molar-refractivity contribution in [3.63, 3.8) is 0 Å². The molecule has 10 heteroatoms. The largest absolute Gasteiger partial charge is 0.474 e. The molecule has 8 nitrogen and oxygen atoms in total. The van der Waals surface area contributed by atoms with Gasteiger partial charge in [0.25, 0.3) is 0 Å². The summed E-state index contributed by atoms with van der Waals surface area (Å²) in [6.45, 7) is 2.12. The van der Waals surface area contributed by atoms with Crippen LogP contribution in [0.2, 0.25) is 0 Å². The number of nitro groups is 1. The number of carbonyl (C=O) groups excluding carboxylic acids is 1. The molecule has 2 heterocycles. The molecule has 0 radical (unpaired) electrons. The standard InChI is InChI=1S/C21H19F2N3O5/c1-12-11-17(13(2)25(12)15-6-8-16(9-7-15)31-21(22)23)19(27)14(3)30-18-5-4-10-24-20(18)26(28)29/h4-11,14,21H,1-3H3/t14-/m1/s1. The lowest BCUT2D eigenvalue weighted by molar-refractivity contribution is -0.390. The lowest BCUT2D eigenvalue weighted by Crippen LogP contribution is -2.25. The number of halogens is 2. The zero-order chi connectivity index (χ0) is 22.7. The molecular formula is C21H19F2N3O5. The highest BCUT2D eigenvalue weighted by molar-refractivity contribution is 6.01. The third-order valence-electron chi connectivity index (χ3n) is 4.61. The Bertz CT molecular complexity index is 1110. The lowest BCUT2D eigenvalue weighted by Gasteiger charge is -2.14. The number of aryl methyl sites for hydroxylation is 1. The SMILES string of the molecule is Cc1cc(C(=O)[C@@H](C)Oc2cccnc2[N+](=O)[O-])c(C)n1-c1ccc(OC(F)F)cc1. The van der Waals surface area contributed by atoms with E-state index in [2.05, 4.69) is 9.72 Å². The quantitative estimate of drug-likeness (QED) is 0.293. The van der Waals surface area contributed by atoms with Crippen molar-refractivity contribution in [2.24, 2.45) is 0 Å². The van der Waals surface area contributed by atoms with Crippen molar-refractivity contribution in [3.05, 3.63) is 75.7 Å². The number of ether oxygens (including phenoxy) is 2. The average Bonchev–Trinajstić information content (AvgIpc) is 3.02. The second-order valence-electron chi connectivity index (χ2n) is 6.70. The Morgan fingerprint density at radius 1 is 1.16 bits per heavy atom. The van der Waals surface area contributed by atoms with E-state index in [0.29, 0.717) is 16.9 Å². The Morgan fingerprint density at radius 2 is 1.84 bits per heavy atom. The van der Waals surface area contributed by atoms with Gasteiger partial charge in [-0.05, 0) is 73.1 Å². The fourth-order valence-corrected chi connectivity index (χ4v) is 3.26. The minimum Gasteiger partial charge on any atom is -0.474 e. The second-order valence-corrected chi connectivity index (χ2v) is 6.70. The molecule has 162 valence electrons. The maximum Gasteiger partial charge on any atom is 0.406 e. The Morgan fingerprint density at radius 3 is 2.45 bits per heavy atom. The van der Waals surface area contributed by atoms with Crippen molar-refractivity contribution in [2.75, 3.05) is 0 Å². The molecule has 0 spiro atoms. The van der Waals surface area contributed by atoms with Crippen molar-refractivity contribution in [1.82, 2.24) is 9.55 Å². The second kappa shape index (κ2) is 8.90. The fraction of sp³-hybridized carbons (Fsp3) is 0.238. The van der Waals surface area contributed by atoms with E-state index in [1.54, 1.807) is 36.6 Å². The van der Waals surface area contributed by atoms with E-state index >= 15 is 0 Å². The van der Waals surface area contributed by atoms with Gasteiger partial charge in [0.2, 0.25) is 11.5 Å². The lowest BCUT2D eigenvalue weighted by atomic mass is 10.1. The van der Waals surface area contributed by atoms with Gasteiger partial charge in [-0.1, -0.05) is 0 Å². The molecule has 0 fully saturated rings. The van der Waals surface area contributed by atoms with Gasteiger partial charge in [0, 0.05) is 22.6 Å². The Balaban J connectivity index is 1.86. The summed E-state index contributed by atoms with van der Waals surface area (Å²) in [5, 5.41) is 11.1. The molecule has 0 bridgehead atoms. The first-order chi connectivity index (χ1) is 14.7. The van der Waals surface area contributed by atoms with Crippen LogP contribution in [0.15, 0.2) is 48.7 Å². The van der Waals surface area contributed by atoms with E-state index in [4.69, 9.17) is 4.74 Å². The molecule has 2 aromatic heterocycles. The van der Waals surface area contributed by atoms with E-state index in [1.807, 2.05) is 0 Å². The van der Waals surface area contributed by atoms with E-state index < -0.39 is 23.5 Å². The predicted octanol–water partition coefficient (Wildman–Crippen LogP) is 4.65. The normalized spacial score (nSPS) is 11.9. The fourth-order valence-electron chi connectivity index (χ4n) is 3.26. The number of aromatic nitrogens is 2. The van der Waals surface area contributed by atoms with Gasteiger partial charge >= 0.3 is 12.4 Å². The molecule has 3 aromatic rings. The first-order valence-electron chi connectivity index (χ1n) is 9.23. The molecule has 0 saturated heterocycles. The van der Waals surface area contributed by atoms with Crippen LogP contribution in [-0.4, -0.2) is 33.0 Å². The molecule has 1 atom stereocenters. The third kappa shape index (κ3) is 4.68. The van der Waals surface area contributed by atoms with E-state index in [1.165, 1.54) is 37.4 Å². The van der Waals surface area contributed by atoms with Crippen molar-refractivity contribution >= 4 is 11.6 Å². The summed E-state index contributed by atoms with van der Waals surface area (Å²) in [7, 11) is 0. The number of pyridine rings is 1. The number of hydrogen-bond donors (Lipinski definition) is 0. The molecule has 0 aliphatic heterocycles. The molecule has 31 heavy (non-hydrogen) atoms. The first-order valence-corrected chi connectivity index (χ1v) is 9.23. The summed E-state index contributed by atoms with van der Waals surface area (Å²) in [5.41, 5.74) is 2.39. The summed E-state index contributed by atoms with van der Waals surface area (Å²) in [6, 6.07) is 10.6. The number of benzene rings is 1. The van der Waals surface area contributed by atoms with Crippen LogP contribution in [-0.2, 0) is 0 Å². The highest BCUT2D eigenvalue weighted by Crippen LogP contribution is 2.27. The first kappa shape index (κ1) is 21.9. The molecule has 0 N–H and O–H groups in total. The van der Waals surface area contributed by atoms with Gasteiger partial charge in [-0.2, -0.15) is 8.78 Å². The number of nitrogens with zero attached hydrogens (tertiary/aromatic N) is 3. The molecular weight excluding hydrogens is 412 g/mol. The minimum atomic E-state index is -2.91. The topological polar surface area (TPSA) is 96.5 Å². The van der Waals surface area contributed by atoms with Gasteiger partial charge < -0.3 is 24.2 Å². The summed E-state index contributed by atoms with van der Waals surface area (Å²) in [5.74, 6) is -0.914. The Labute approximate surface area is 176 Å². The summed E-state index contributed by atoms with van der Waals surface area (Å²) >= 11 is 0. The molecule has 1 aromatic carbocycles. The van der Waals surface area contributed by atoms with Gasteiger partial charge in [0.05, 0.1) is 0 Å².